The average Bonchev–Trinajstić information content (AvgIpc) is 2.87. The van der Waals surface area contributed by atoms with Crippen molar-refractivity contribution in [2.24, 2.45) is 0 Å². The number of methoxy groups -OCH3 is 3. The van der Waals surface area contributed by atoms with Crippen LogP contribution in [0, 0.1) is 0 Å². The van der Waals surface area contributed by atoms with Gasteiger partial charge in [-0.25, -0.2) is 8.42 Å². The third kappa shape index (κ3) is 5.60. The van der Waals surface area contributed by atoms with E-state index in [1.807, 2.05) is 19.1 Å². The number of anilines is 1. The number of ether oxygens (including phenoxy) is 3. The SMILES string of the molecule is COc1ccc([C@@H](C)NC(=O)CN(c2cc(OC)ccc2OC)S(=O)(=O)c2ccccc2)cc1. The molecule has 0 aliphatic heterocycles. The van der Waals surface area contributed by atoms with Gasteiger partial charge in [0.15, 0.2) is 0 Å². The van der Waals surface area contributed by atoms with Crippen LogP contribution in [0.4, 0.5) is 5.69 Å². The Morgan fingerprint density at radius 2 is 1.50 bits per heavy atom. The molecule has 3 aromatic rings. The van der Waals surface area contributed by atoms with Gasteiger partial charge in [-0.1, -0.05) is 30.3 Å². The van der Waals surface area contributed by atoms with Gasteiger partial charge in [0, 0.05) is 6.07 Å². The van der Waals surface area contributed by atoms with E-state index in [-0.39, 0.29) is 22.4 Å². The van der Waals surface area contributed by atoms with Crippen LogP contribution in [0.3, 0.4) is 0 Å². The van der Waals surface area contributed by atoms with Crippen molar-refractivity contribution in [3.63, 3.8) is 0 Å². The summed E-state index contributed by atoms with van der Waals surface area (Å²) in [6.07, 6.45) is 0. The predicted octanol–water partition coefficient (Wildman–Crippen LogP) is 3.79. The lowest BCUT2D eigenvalue weighted by molar-refractivity contribution is -0.120. The second-order valence-electron chi connectivity index (χ2n) is 7.42. The molecule has 3 aromatic carbocycles. The molecule has 1 amide bonds. The number of hydrogen-bond donors (Lipinski definition) is 1. The number of sulfonamides is 1. The van der Waals surface area contributed by atoms with Gasteiger partial charge in [-0.2, -0.15) is 0 Å². The van der Waals surface area contributed by atoms with Crippen LogP contribution < -0.4 is 23.8 Å². The maximum absolute atomic E-state index is 13.6. The smallest absolute Gasteiger partial charge is 0.264 e. The van der Waals surface area contributed by atoms with Crippen LogP contribution in [0.15, 0.2) is 77.7 Å². The minimum absolute atomic E-state index is 0.0517. The number of carbonyl (C=O) groups excluding carboxylic acids is 1. The number of carbonyl (C=O) groups is 1. The van der Waals surface area contributed by atoms with Crippen molar-refractivity contribution < 1.29 is 27.4 Å². The molecule has 9 heteroatoms. The predicted molar refractivity (Wildman–Crippen MR) is 130 cm³/mol. The second kappa shape index (κ2) is 10.9. The molecule has 0 heterocycles. The largest absolute Gasteiger partial charge is 0.497 e. The first kappa shape index (κ1) is 24.9. The average molecular weight is 485 g/mol. The van der Waals surface area contributed by atoms with Gasteiger partial charge in [0.25, 0.3) is 10.0 Å². The number of nitrogens with zero attached hydrogens (tertiary/aromatic N) is 1. The van der Waals surface area contributed by atoms with E-state index < -0.39 is 22.5 Å². The number of rotatable bonds is 10. The minimum Gasteiger partial charge on any atom is -0.497 e. The van der Waals surface area contributed by atoms with Crippen LogP contribution >= 0.6 is 0 Å². The summed E-state index contributed by atoms with van der Waals surface area (Å²) >= 11 is 0. The molecule has 0 aliphatic rings. The molecule has 0 fully saturated rings. The van der Waals surface area contributed by atoms with Gasteiger partial charge in [0.2, 0.25) is 5.91 Å². The van der Waals surface area contributed by atoms with Gasteiger partial charge in [-0.05, 0) is 48.9 Å². The van der Waals surface area contributed by atoms with Crippen molar-refractivity contribution in [3.05, 3.63) is 78.4 Å². The van der Waals surface area contributed by atoms with E-state index in [1.165, 1.54) is 32.4 Å². The van der Waals surface area contributed by atoms with Crippen molar-refractivity contribution in [1.82, 2.24) is 5.32 Å². The van der Waals surface area contributed by atoms with E-state index in [9.17, 15) is 13.2 Å². The quantitative estimate of drug-likeness (QED) is 0.471. The Balaban J connectivity index is 1.95. The van der Waals surface area contributed by atoms with Crippen molar-refractivity contribution in [1.29, 1.82) is 0 Å². The fraction of sp³-hybridized carbons (Fsp3) is 0.240. The summed E-state index contributed by atoms with van der Waals surface area (Å²) < 4.78 is 44.1. The van der Waals surface area contributed by atoms with Gasteiger partial charge in [-0.3, -0.25) is 9.10 Å². The van der Waals surface area contributed by atoms with E-state index in [4.69, 9.17) is 14.2 Å². The van der Waals surface area contributed by atoms with E-state index in [0.29, 0.717) is 11.5 Å². The molecule has 1 N–H and O–H groups in total. The van der Waals surface area contributed by atoms with Gasteiger partial charge in [-0.15, -0.1) is 0 Å². The monoisotopic (exact) mass is 484 g/mol. The first-order chi connectivity index (χ1) is 16.3. The third-order valence-electron chi connectivity index (χ3n) is 5.27. The Labute approximate surface area is 200 Å². The highest BCUT2D eigenvalue weighted by atomic mass is 32.2. The summed E-state index contributed by atoms with van der Waals surface area (Å²) in [5.74, 6) is 0.938. The molecule has 180 valence electrons. The number of hydrogen-bond acceptors (Lipinski definition) is 6. The van der Waals surface area contributed by atoms with E-state index in [2.05, 4.69) is 5.32 Å². The Morgan fingerprint density at radius 1 is 0.882 bits per heavy atom. The first-order valence-electron chi connectivity index (χ1n) is 10.5. The zero-order chi connectivity index (χ0) is 24.7. The van der Waals surface area contributed by atoms with Crippen LogP contribution in [0.25, 0.3) is 0 Å². The molecule has 1 atom stereocenters. The van der Waals surface area contributed by atoms with E-state index >= 15 is 0 Å². The zero-order valence-corrected chi connectivity index (χ0v) is 20.3. The summed E-state index contributed by atoms with van der Waals surface area (Å²) in [6, 6.07) is 19.6. The molecule has 8 nitrogen and oxygen atoms in total. The van der Waals surface area contributed by atoms with Crippen LogP contribution in [-0.4, -0.2) is 42.2 Å². The number of nitrogens with one attached hydrogen (secondary N) is 1. The van der Waals surface area contributed by atoms with E-state index in [1.54, 1.807) is 49.6 Å². The molecule has 0 radical (unpaired) electrons. The highest BCUT2D eigenvalue weighted by Gasteiger charge is 2.30. The van der Waals surface area contributed by atoms with Crippen molar-refractivity contribution in [2.45, 2.75) is 17.9 Å². The van der Waals surface area contributed by atoms with Crippen LogP contribution in [0.2, 0.25) is 0 Å². The maximum atomic E-state index is 13.6. The molecule has 0 saturated heterocycles. The highest BCUT2D eigenvalue weighted by molar-refractivity contribution is 7.92. The lowest BCUT2D eigenvalue weighted by Gasteiger charge is -2.26. The topological polar surface area (TPSA) is 94.2 Å². The first-order valence-corrected chi connectivity index (χ1v) is 12.0. The Hall–Kier alpha value is -3.72. The Bertz CT molecular complexity index is 1210. The molecule has 34 heavy (non-hydrogen) atoms. The maximum Gasteiger partial charge on any atom is 0.264 e. The van der Waals surface area contributed by atoms with Crippen molar-refractivity contribution >= 4 is 21.6 Å². The Kier molecular flexibility index (Phi) is 8.01. The fourth-order valence-corrected chi connectivity index (χ4v) is 4.85. The second-order valence-corrected chi connectivity index (χ2v) is 9.29. The molecule has 0 saturated carbocycles. The molecule has 0 bridgehead atoms. The molecule has 0 aliphatic carbocycles. The summed E-state index contributed by atoms with van der Waals surface area (Å²) in [7, 11) is 0.394. The minimum atomic E-state index is -4.10. The van der Waals surface area contributed by atoms with Crippen LogP contribution in [0.5, 0.6) is 17.2 Å². The van der Waals surface area contributed by atoms with Crippen LogP contribution in [0.1, 0.15) is 18.5 Å². The molecule has 0 aromatic heterocycles. The zero-order valence-electron chi connectivity index (χ0n) is 19.5. The summed E-state index contributed by atoms with van der Waals surface area (Å²) in [4.78, 5) is 13.1. The molecule has 0 unspecified atom stereocenters. The fourth-order valence-electron chi connectivity index (χ4n) is 3.40. The summed E-state index contributed by atoms with van der Waals surface area (Å²) in [5, 5.41) is 2.87. The molecule has 0 spiro atoms. The normalized spacial score (nSPS) is 11.9. The number of benzene rings is 3. The van der Waals surface area contributed by atoms with Gasteiger partial charge < -0.3 is 19.5 Å². The van der Waals surface area contributed by atoms with Crippen molar-refractivity contribution in [2.75, 3.05) is 32.2 Å². The third-order valence-corrected chi connectivity index (χ3v) is 7.04. The molecular weight excluding hydrogens is 456 g/mol. The molecular formula is C25H28N2O6S. The highest BCUT2D eigenvalue weighted by Crippen LogP contribution is 2.35. The van der Waals surface area contributed by atoms with E-state index in [0.717, 1.165) is 9.87 Å². The lowest BCUT2D eigenvalue weighted by atomic mass is 10.1. The lowest BCUT2D eigenvalue weighted by Crippen LogP contribution is -2.41. The molecule has 3 rings (SSSR count). The van der Waals surface area contributed by atoms with Gasteiger partial charge in [0.1, 0.15) is 23.8 Å². The number of amides is 1. The van der Waals surface area contributed by atoms with Gasteiger partial charge >= 0.3 is 0 Å². The Morgan fingerprint density at radius 3 is 2.09 bits per heavy atom. The van der Waals surface area contributed by atoms with Crippen molar-refractivity contribution in [3.8, 4) is 17.2 Å². The standard InChI is InChI=1S/C25H28N2O6S/c1-18(19-10-12-20(31-2)13-11-19)26-25(28)17-27(34(29,30)22-8-6-5-7-9-22)23-16-21(32-3)14-15-24(23)33-4/h5-16,18H,17H2,1-4H3,(H,26,28)/t18-/m1/s1. The van der Waals surface area contributed by atoms with Gasteiger partial charge in [0.05, 0.1) is 38.0 Å². The van der Waals surface area contributed by atoms with Crippen LogP contribution in [-0.2, 0) is 14.8 Å². The summed E-state index contributed by atoms with van der Waals surface area (Å²) in [5.41, 5.74) is 1.04. The summed E-state index contributed by atoms with van der Waals surface area (Å²) in [6.45, 7) is 1.36.